The summed E-state index contributed by atoms with van der Waals surface area (Å²) in [6, 6.07) is 4.34. The predicted molar refractivity (Wildman–Crippen MR) is 82.3 cm³/mol. The number of piperazine rings is 1. The van der Waals surface area contributed by atoms with E-state index in [4.69, 9.17) is 16.3 Å². The van der Waals surface area contributed by atoms with Crippen molar-refractivity contribution in [3.63, 3.8) is 0 Å². The number of carbonyl (C=O) groups is 1. The van der Waals surface area contributed by atoms with Crippen LogP contribution in [0.5, 0.6) is 5.75 Å². The largest absolute Gasteiger partial charge is 0.486 e. The van der Waals surface area contributed by atoms with Crippen LogP contribution in [0.25, 0.3) is 0 Å². The molecule has 0 aromatic heterocycles. The van der Waals surface area contributed by atoms with Gasteiger partial charge < -0.3 is 15.0 Å². The van der Waals surface area contributed by atoms with Crippen molar-refractivity contribution in [3.8, 4) is 5.75 Å². The van der Waals surface area contributed by atoms with E-state index in [-0.39, 0.29) is 41.4 Å². The third-order valence-electron chi connectivity index (χ3n) is 3.51. The molecule has 1 amide bonds. The molecule has 0 bridgehead atoms. The summed E-state index contributed by atoms with van der Waals surface area (Å²) in [5, 5.41) is 14.4. The number of amides is 1. The van der Waals surface area contributed by atoms with Crippen LogP contribution in [0.4, 0.5) is 5.69 Å². The Kier molecular flexibility index (Phi) is 5.57. The first-order valence-corrected chi connectivity index (χ1v) is 7.43. The van der Waals surface area contributed by atoms with Gasteiger partial charge in [-0.3, -0.25) is 14.9 Å². The van der Waals surface area contributed by atoms with E-state index in [1.807, 2.05) is 6.92 Å². The van der Waals surface area contributed by atoms with Crippen LogP contribution in [0.15, 0.2) is 18.2 Å². The smallest absolute Gasteiger partial charge is 0.312 e. The molecule has 1 atom stereocenters. The molecule has 0 spiro atoms. The van der Waals surface area contributed by atoms with E-state index < -0.39 is 4.92 Å². The van der Waals surface area contributed by atoms with Crippen molar-refractivity contribution < 1.29 is 14.5 Å². The van der Waals surface area contributed by atoms with Gasteiger partial charge in [-0.15, -0.1) is 0 Å². The Bertz CT molecular complexity index is 567. The first-order chi connectivity index (χ1) is 10.5. The number of carbonyl (C=O) groups excluding carboxylic acids is 1. The van der Waals surface area contributed by atoms with Gasteiger partial charge >= 0.3 is 5.69 Å². The van der Waals surface area contributed by atoms with Crippen LogP contribution in [0.2, 0.25) is 5.02 Å². The van der Waals surface area contributed by atoms with Gasteiger partial charge in [-0.05, 0) is 19.1 Å². The fraction of sp³-hybridized carbons (Fsp3) is 0.500. The number of nitrogens with one attached hydrogen (secondary N) is 1. The van der Waals surface area contributed by atoms with E-state index in [1.54, 1.807) is 4.90 Å². The molecular weight excluding hydrogens is 310 g/mol. The third kappa shape index (κ3) is 4.08. The molecule has 1 aromatic carbocycles. The molecule has 120 valence electrons. The van der Waals surface area contributed by atoms with Crippen LogP contribution in [-0.2, 0) is 4.79 Å². The van der Waals surface area contributed by atoms with Gasteiger partial charge in [0, 0.05) is 36.8 Å². The highest BCUT2D eigenvalue weighted by Gasteiger charge is 2.23. The second kappa shape index (κ2) is 7.42. The minimum atomic E-state index is -0.554. The maximum atomic E-state index is 12.1. The molecule has 1 saturated heterocycles. The predicted octanol–water partition coefficient (Wildman–Crippen LogP) is 1.84. The van der Waals surface area contributed by atoms with Crippen molar-refractivity contribution in [2.75, 3.05) is 26.2 Å². The van der Waals surface area contributed by atoms with Crippen molar-refractivity contribution in [2.45, 2.75) is 19.4 Å². The SMILES string of the molecule is C[C@H]1CNCCN1C(=O)CCOc1ccc(Cl)cc1[N+](=O)[O-]. The van der Waals surface area contributed by atoms with E-state index in [9.17, 15) is 14.9 Å². The van der Waals surface area contributed by atoms with Gasteiger partial charge in [-0.1, -0.05) is 11.6 Å². The van der Waals surface area contributed by atoms with Crippen molar-refractivity contribution in [3.05, 3.63) is 33.3 Å². The lowest BCUT2D eigenvalue weighted by atomic mass is 10.2. The van der Waals surface area contributed by atoms with Crippen LogP contribution < -0.4 is 10.1 Å². The summed E-state index contributed by atoms with van der Waals surface area (Å²) < 4.78 is 5.39. The van der Waals surface area contributed by atoms with Gasteiger partial charge in [0.1, 0.15) is 0 Å². The van der Waals surface area contributed by atoms with Gasteiger partial charge in [0.15, 0.2) is 5.75 Å². The summed E-state index contributed by atoms with van der Waals surface area (Å²) >= 11 is 5.74. The summed E-state index contributed by atoms with van der Waals surface area (Å²) in [5.74, 6) is 0.112. The molecule has 1 fully saturated rings. The monoisotopic (exact) mass is 327 g/mol. The van der Waals surface area contributed by atoms with Crippen molar-refractivity contribution in [1.29, 1.82) is 0 Å². The zero-order valence-electron chi connectivity index (χ0n) is 12.3. The average Bonchev–Trinajstić information content (AvgIpc) is 2.48. The Morgan fingerprint density at radius 3 is 3.05 bits per heavy atom. The zero-order chi connectivity index (χ0) is 16.1. The summed E-state index contributed by atoms with van der Waals surface area (Å²) in [6.45, 7) is 4.29. The summed E-state index contributed by atoms with van der Waals surface area (Å²) in [7, 11) is 0. The molecule has 1 aliphatic heterocycles. The van der Waals surface area contributed by atoms with Crippen LogP contribution in [0, 0.1) is 10.1 Å². The lowest BCUT2D eigenvalue weighted by Gasteiger charge is -2.34. The van der Waals surface area contributed by atoms with Gasteiger partial charge in [-0.25, -0.2) is 0 Å². The maximum absolute atomic E-state index is 12.1. The van der Waals surface area contributed by atoms with Crippen molar-refractivity contribution in [1.82, 2.24) is 10.2 Å². The number of halogens is 1. The minimum Gasteiger partial charge on any atom is -0.486 e. The Balaban J connectivity index is 1.91. The Labute approximate surface area is 133 Å². The Morgan fingerprint density at radius 2 is 2.36 bits per heavy atom. The first-order valence-electron chi connectivity index (χ1n) is 7.06. The van der Waals surface area contributed by atoms with Crippen LogP contribution in [-0.4, -0.2) is 48.0 Å². The number of benzene rings is 1. The molecule has 22 heavy (non-hydrogen) atoms. The van der Waals surface area contributed by atoms with Crippen molar-refractivity contribution >= 4 is 23.2 Å². The number of nitro groups is 1. The molecular formula is C14H18ClN3O4. The molecule has 0 aliphatic carbocycles. The number of nitro benzene ring substituents is 1. The van der Waals surface area contributed by atoms with Crippen LogP contribution in [0.3, 0.4) is 0 Å². The zero-order valence-corrected chi connectivity index (χ0v) is 13.0. The highest BCUT2D eigenvalue weighted by molar-refractivity contribution is 6.30. The standard InChI is InChI=1S/C14H18ClN3O4/c1-10-9-16-5-6-17(10)14(19)4-7-22-13-3-2-11(15)8-12(13)18(20)21/h2-3,8,10,16H,4-7,9H2,1H3/t10-/m0/s1. The van der Waals surface area contributed by atoms with E-state index in [0.29, 0.717) is 6.54 Å². The summed E-state index contributed by atoms with van der Waals surface area (Å²) in [6.07, 6.45) is 0.185. The Hall–Kier alpha value is -1.86. The van der Waals surface area contributed by atoms with Gasteiger partial charge in [-0.2, -0.15) is 0 Å². The van der Waals surface area contributed by atoms with Crippen LogP contribution >= 0.6 is 11.6 Å². The molecule has 7 nitrogen and oxygen atoms in total. The fourth-order valence-corrected chi connectivity index (χ4v) is 2.53. The highest BCUT2D eigenvalue weighted by atomic mass is 35.5. The lowest BCUT2D eigenvalue weighted by Crippen LogP contribution is -2.52. The lowest BCUT2D eigenvalue weighted by molar-refractivity contribution is -0.385. The van der Waals surface area contributed by atoms with Gasteiger partial charge in [0.05, 0.1) is 18.0 Å². The quantitative estimate of drug-likeness (QED) is 0.659. The molecule has 0 radical (unpaired) electrons. The molecule has 1 N–H and O–H groups in total. The van der Waals surface area contributed by atoms with E-state index in [1.165, 1.54) is 18.2 Å². The number of hydrogen-bond acceptors (Lipinski definition) is 5. The normalized spacial score (nSPS) is 18.1. The molecule has 8 heteroatoms. The molecule has 0 saturated carbocycles. The second-order valence-corrected chi connectivity index (χ2v) is 5.54. The molecule has 0 unspecified atom stereocenters. The highest BCUT2D eigenvalue weighted by Crippen LogP contribution is 2.29. The number of rotatable bonds is 5. The summed E-state index contributed by atoms with van der Waals surface area (Å²) in [5.41, 5.74) is -0.199. The van der Waals surface area contributed by atoms with E-state index >= 15 is 0 Å². The molecule has 1 aliphatic rings. The minimum absolute atomic E-state index is 0.00869. The first kappa shape index (κ1) is 16.5. The number of ether oxygens (including phenoxy) is 1. The molecule has 2 rings (SSSR count). The average molecular weight is 328 g/mol. The van der Waals surface area contributed by atoms with E-state index in [2.05, 4.69) is 5.32 Å². The maximum Gasteiger partial charge on any atom is 0.312 e. The number of hydrogen-bond donors (Lipinski definition) is 1. The van der Waals surface area contributed by atoms with E-state index in [0.717, 1.165) is 13.1 Å². The van der Waals surface area contributed by atoms with Crippen molar-refractivity contribution in [2.24, 2.45) is 0 Å². The summed E-state index contributed by atoms with van der Waals surface area (Å²) in [4.78, 5) is 24.3. The Morgan fingerprint density at radius 1 is 1.59 bits per heavy atom. The molecule has 1 aromatic rings. The van der Waals surface area contributed by atoms with Gasteiger partial charge in [0.25, 0.3) is 0 Å². The van der Waals surface area contributed by atoms with Crippen LogP contribution in [0.1, 0.15) is 13.3 Å². The topological polar surface area (TPSA) is 84.7 Å². The fourth-order valence-electron chi connectivity index (χ4n) is 2.36. The molecule has 1 heterocycles. The number of nitrogens with zero attached hydrogens (tertiary/aromatic N) is 2. The van der Waals surface area contributed by atoms with Gasteiger partial charge in [0.2, 0.25) is 5.91 Å². The second-order valence-electron chi connectivity index (χ2n) is 5.11. The third-order valence-corrected chi connectivity index (χ3v) is 3.75.